The quantitative estimate of drug-likeness (QED) is 0.699. The number of hydrogen-bond donors (Lipinski definition) is 1. The zero-order chi connectivity index (χ0) is 15.6. The van der Waals surface area contributed by atoms with Crippen molar-refractivity contribution in [3.63, 3.8) is 0 Å². The van der Waals surface area contributed by atoms with E-state index < -0.39 is 23.3 Å². The van der Waals surface area contributed by atoms with Gasteiger partial charge >= 0.3 is 17.7 Å². The van der Waals surface area contributed by atoms with Crippen molar-refractivity contribution < 1.29 is 22.4 Å². The number of rotatable bonds is 3. The molecule has 2 rings (SSSR count). The molecule has 0 aliphatic carbocycles. The topological polar surface area (TPSA) is 59.3 Å². The average Bonchev–Trinajstić information content (AvgIpc) is 2.36. The monoisotopic (exact) mass is 296 g/mol. The Balaban J connectivity index is 2.52. The van der Waals surface area contributed by atoms with Crippen LogP contribution < -0.4 is 10.9 Å². The van der Waals surface area contributed by atoms with Crippen molar-refractivity contribution in [2.45, 2.75) is 6.18 Å². The molecule has 0 aliphatic heterocycles. The summed E-state index contributed by atoms with van der Waals surface area (Å²) in [5.74, 6) is -0.501. The lowest BCUT2D eigenvalue weighted by Gasteiger charge is -2.09. The number of benzene rings is 1. The van der Waals surface area contributed by atoms with Crippen molar-refractivity contribution in [1.29, 1.82) is 0 Å². The molecule has 0 fully saturated rings. The van der Waals surface area contributed by atoms with E-state index in [4.69, 9.17) is 4.42 Å². The first kappa shape index (κ1) is 14.7. The molecule has 4 nitrogen and oxygen atoms in total. The number of anilines is 1. The van der Waals surface area contributed by atoms with E-state index in [0.29, 0.717) is 6.07 Å². The third-order valence-corrected chi connectivity index (χ3v) is 2.59. The van der Waals surface area contributed by atoms with Crippen molar-refractivity contribution in [2.75, 3.05) is 5.32 Å². The second-order valence-electron chi connectivity index (χ2n) is 4.08. The van der Waals surface area contributed by atoms with Gasteiger partial charge in [0.25, 0.3) is 0 Å². The van der Waals surface area contributed by atoms with Crippen LogP contribution in [0.5, 0.6) is 0 Å². The van der Waals surface area contributed by atoms with Gasteiger partial charge < -0.3 is 9.73 Å². The molecule has 2 aromatic rings. The van der Waals surface area contributed by atoms with Crippen LogP contribution in [-0.2, 0) is 11.0 Å². The Morgan fingerprint density at radius 1 is 1.33 bits per heavy atom. The molecule has 0 saturated heterocycles. The SMILES string of the molecule is C=C[CH+]C(=O)Nc1ccc2c(C(F)(F)F)cc(=O)oc2c1. The Hall–Kier alpha value is -2.70. The van der Waals surface area contributed by atoms with E-state index >= 15 is 0 Å². The molecule has 1 heterocycles. The number of nitrogens with one attached hydrogen (secondary N) is 1. The van der Waals surface area contributed by atoms with Crippen LogP contribution in [-0.4, -0.2) is 5.91 Å². The zero-order valence-electron chi connectivity index (χ0n) is 10.5. The molecule has 7 heteroatoms. The molecular weight excluding hydrogens is 287 g/mol. The molecule has 0 unspecified atom stereocenters. The van der Waals surface area contributed by atoms with Crippen molar-refractivity contribution in [3.8, 4) is 0 Å². The summed E-state index contributed by atoms with van der Waals surface area (Å²) >= 11 is 0. The first-order chi connectivity index (χ1) is 9.81. The number of alkyl halides is 3. The van der Waals surface area contributed by atoms with E-state index in [0.717, 1.165) is 18.6 Å². The normalized spacial score (nSPS) is 11.2. The van der Waals surface area contributed by atoms with Gasteiger partial charge in [-0.3, -0.25) is 0 Å². The highest BCUT2D eigenvalue weighted by Gasteiger charge is 2.33. The van der Waals surface area contributed by atoms with Crippen LogP contribution in [0.4, 0.5) is 18.9 Å². The van der Waals surface area contributed by atoms with Crippen molar-refractivity contribution in [3.05, 3.63) is 59.3 Å². The molecule has 0 saturated carbocycles. The summed E-state index contributed by atoms with van der Waals surface area (Å²) in [5.41, 5.74) is -2.25. The molecular formula is C14H9F3NO3+. The van der Waals surface area contributed by atoms with Gasteiger partial charge in [-0.2, -0.15) is 13.2 Å². The van der Waals surface area contributed by atoms with Gasteiger partial charge in [0.15, 0.2) is 0 Å². The minimum absolute atomic E-state index is 0.202. The number of amides is 1. The van der Waals surface area contributed by atoms with Crippen LogP contribution in [0.25, 0.3) is 11.0 Å². The summed E-state index contributed by atoms with van der Waals surface area (Å²) in [7, 11) is 0. The van der Waals surface area contributed by atoms with Gasteiger partial charge in [-0.15, -0.1) is 0 Å². The van der Waals surface area contributed by atoms with E-state index in [1.54, 1.807) is 0 Å². The number of halogens is 3. The third kappa shape index (κ3) is 3.25. The smallest absolute Gasteiger partial charge is 0.417 e. The highest BCUT2D eigenvalue weighted by molar-refractivity contribution is 5.99. The summed E-state index contributed by atoms with van der Waals surface area (Å²) in [5, 5.41) is 2.15. The maximum atomic E-state index is 12.8. The fourth-order valence-electron chi connectivity index (χ4n) is 1.77. The maximum Gasteiger partial charge on any atom is 0.417 e. The predicted octanol–water partition coefficient (Wildman–Crippen LogP) is 3.14. The third-order valence-electron chi connectivity index (χ3n) is 2.59. The van der Waals surface area contributed by atoms with Gasteiger partial charge in [0.1, 0.15) is 12.0 Å². The summed E-state index contributed by atoms with van der Waals surface area (Å²) in [6.45, 7) is 3.34. The molecule has 1 aromatic heterocycles. The number of carbonyl (C=O) groups is 1. The molecule has 0 atom stereocenters. The van der Waals surface area contributed by atoms with Crippen LogP contribution >= 0.6 is 0 Å². The first-order valence-electron chi connectivity index (χ1n) is 5.73. The van der Waals surface area contributed by atoms with E-state index in [1.807, 2.05) is 0 Å². The Kier molecular flexibility index (Phi) is 3.75. The minimum Gasteiger partial charge on any atom is -0.423 e. The lowest BCUT2D eigenvalue weighted by atomic mass is 10.1. The van der Waals surface area contributed by atoms with E-state index in [2.05, 4.69) is 11.9 Å². The van der Waals surface area contributed by atoms with Gasteiger partial charge in [0.2, 0.25) is 0 Å². The lowest BCUT2D eigenvalue weighted by Crippen LogP contribution is -2.12. The van der Waals surface area contributed by atoms with E-state index in [1.165, 1.54) is 12.1 Å². The minimum atomic E-state index is -4.67. The molecule has 0 radical (unpaired) electrons. The highest BCUT2D eigenvalue weighted by atomic mass is 19.4. The van der Waals surface area contributed by atoms with Gasteiger partial charge in [0.05, 0.1) is 11.6 Å². The van der Waals surface area contributed by atoms with Crippen LogP contribution in [0.15, 0.2) is 46.1 Å². The fraction of sp³-hybridized carbons (Fsp3) is 0.0714. The average molecular weight is 296 g/mol. The second-order valence-corrected chi connectivity index (χ2v) is 4.08. The number of fused-ring (bicyclic) bond motifs is 1. The summed E-state index contributed by atoms with van der Waals surface area (Å²) < 4.78 is 43.3. The largest absolute Gasteiger partial charge is 0.423 e. The fourth-order valence-corrected chi connectivity index (χ4v) is 1.77. The van der Waals surface area contributed by atoms with Gasteiger partial charge in [-0.1, -0.05) is 0 Å². The molecule has 0 bridgehead atoms. The number of carbonyl (C=O) groups excluding carboxylic acids is 1. The van der Waals surface area contributed by atoms with Crippen molar-refractivity contribution in [2.24, 2.45) is 0 Å². The van der Waals surface area contributed by atoms with Gasteiger partial charge in [-0.25, -0.2) is 9.59 Å². The summed E-state index contributed by atoms with van der Waals surface area (Å²) in [6.07, 6.45) is -2.26. The molecule has 21 heavy (non-hydrogen) atoms. The maximum absolute atomic E-state index is 12.8. The lowest BCUT2D eigenvalue weighted by molar-refractivity contribution is -0.136. The first-order valence-corrected chi connectivity index (χ1v) is 5.73. The van der Waals surface area contributed by atoms with Crippen LogP contribution in [0.2, 0.25) is 0 Å². The number of hydrogen-bond acceptors (Lipinski definition) is 3. The molecule has 108 valence electrons. The molecule has 0 spiro atoms. The van der Waals surface area contributed by atoms with E-state index in [9.17, 15) is 22.8 Å². The van der Waals surface area contributed by atoms with Crippen LogP contribution in [0.3, 0.4) is 0 Å². The highest BCUT2D eigenvalue weighted by Crippen LogP contribution is 2.34. The Morgan fingerprint density at radius 2 is 2.05 bits per heavy atom. The van der Waals surface area contributed by atoms with Gasteiger partial charge in [-0.05, 0) is 12.1 Å². The predicted molar refractivity (Wildman–Crippen MR) is 70.6 cm³/mol. The van der Waals surface area contributed by atoms with Crippen molar-refractivity contribution >= 4 is 22.6 Å². The molecule has 1 aromatic carbocycles. The van der Waals surface area contributed by atoms with Crippen LogP contribution in [0.1, 0.15) is 5.56 Å². The Morgan fingerprint density at radius 3 is 2.67 bits per heavy atom. The van der Waals surface area contributed by atoms with Crippen molar-refractivity contribution in [1.82, 2.24) is 0 Å². The Labute approximate surface area is 116 Å². The summed E-state index contributed by atoms with van der Waals surface area (Å²) in [4.78, 5) is 22.5. The summed E-state index contributed by atoms with van der Waals surface area (Å²) in [6, 6.07) is 3.96. The molecule has 1 amide bonds. The molecule has 1 N–H and O–H groups in total. The van der Waals surface area contributed by atoms with E-state index in [-0.39, 0.29) is 16.7 Å². The van der Waals surface area contributed by atoms with Crippen LogP contribution in [0, 0.1) is 6.42 Å². The second kappa shape index (κ2) is 5.35. The molecule has 0 aliphatic rings. The zero-order valence-corrected chi connectivity index (χ0v) is 10.5. The standard InChI is InChI=1S/C14H8F3NO3/c1-2-3-12(19)18-8-4-5-9-10(14(15,16)17)7-13(20)21-11(9)6-8/h2-7H,1H2/p+1. The Bertz CT molecular complexity index is 762. The van der Waals surface area contributed by atoms with Gasteiger partial charge in [0, 0.05) is 29.8 Å².